The summed E-state index contributed by atoms with van der Waals surface area (Å²) in [4.78, 5) is 54.0. The number of unbranched alkanes of at least 4 members (excludes halogenated alkanes) is 2. The molecule has 0 aliphatic carbocycles. The van der Waals surface area contributed by atoms with Crippen LogP contribution in [0.3, 0.4) is 0 Å². The Morgan fingerprint density at radius 1 is 0.893 bits per heavy atom. The highest BCUT2D eigenvalue weighted by Crippen LogP contribution is 2.44. The Hall–Kier alpha value is -4.64. The SMILES string of the molecule is CCCCC1(CCCC)CN(c2ccccc2)c2cc(SC)c(OCC(=O)NC(C(=O)NC(CC)C(=O)NC(CO)C(=O)O)c3ccccc3)cc2S(=O)(=O)N1. The van der Waals surface area contributed by atoms with Gasteiger partial charge in [-0.25, -0.2) is 17.9 Å². The van der Waals surface area contributed by atoms with E-state index in [4.69, 9.17) is 4.74 Å². The lowest BCUT2D eigenvalue weighted by molar-refractivity contribution is -0.143. The van der Waals surface area contributed by atoms with Gasteiger partial charge >= 0.3 is 5.97 Å². The minimum atomic E-state index is -4.09. The predicted molar refractivity (Wildman–Crippen MR) is 215 cm³/mol. The molecule has 56 heavy (non-hydrogen) atoms. The predicted octanol–water partition coefficient (Wildman–Crippen LogP) is 4.65. The number of hydrogen-bond acceptors (Lipinski definition) is 10. The van der Waals surface area contributed by atoms with Crippen molar-refractivity contribution >= 4 is 56.9 Å². The fourth-order valence-corrected chi connectivity index (χ4v) is 8.80. The van der Waals surface area contributed by atoms with E-state index in [1.165, 1.54) is 17.8 Å². The number of benzene rings is 3. The number of sulfonamides is 1. The number of anilines is 2. The molecule has 0 bridgehead atoms. The second-order valence-electron chi connectivity index (χ2n) is 13.7. The maximum atomic E-state index is 14.4. The number of hydrogen-bond donors (Lipinski definition) is 6. The lowest BCUT2D eigenvalue weighted by Gasteiger charge is -2.37. The van der Waals surface area contributed by atoms with Crippen molar-refractivity contribution in [1.29, 1.82) is 0 Å². The summed E-state index contributed by atoms with van der Waals surface area (Å²) in [5.74, 6) is -3.54. The molecule has 14 nitrogen and oxygen atoms in total. The van der Waals surface area contributed by atoms with Crippen LogP contribution in [0.2, 0.25) is 0 Å². The van der Waals surface area contributed by atoms with Crippen LogP contribution in [0.4, 0.5) is 11.4 Å². The number of aliphatic hydroxyl groups excluding tert-OH is 1. The summed E-state index contributed by atoms with van der Waals surface area (Å²) >= 11 is 1.33. The van der Waals surface area contributed by atoms with E-state index in [0.717, 1.165) is 31.4 Å². The summed E-state index contributed by atoms with van der Waals surface area (Å²) in [7, 11) is -4.09. The molecule has 0 spiro atoms. The smallest absolute Gasteiger partial charge is 0.328 e. The highest BCUT2D eigenvalue weighted by molar-refractivity contribution is 7.98. The van der Waals surface area contributed by atoms with E-state index in [0.29, 0.717) is 35.5 Å². The van der Waals surface area contributed by atoms with Gasteiger partial charge in [-0.3, -0.25) is 14.4 Å². The quantitative estimate of drug-likeness (QED) is 0.0868. The number of thioether (sulfide) groups is 1. The second-order valence-corrected chi connectivity index (χ2v) is 16.2. The molecule has 3 aromatic carbocycles. The normalized spacial score (nSPS) is 16.0. The first-order valence-electron chi connectivity index (χ1n) is 18.8. The van der Waals surface area contributed by atoms with Crippen molar-refractivity contribution < 1.29 is 42.5 Å². The molecule has 1 heterocycles. The number of carbonyl (C=O) groups excluding carboxylic acids is 3. The zero-order valence-electron chi connectivity index (χ0n) is 32.2. The maximum Gasteiger partial charge on any atom is 0.328 e. The Kier molecular flexibility index (Phi) is 16.1. The van der Waals surface area contributed by atoms with Crippen LogP contribution in [-0.4, -0.2) is 86.0 Å². The van der Waals surface area contributed by atoms with E-state index < -0.39 is 70.6 Å². The van der Waals surface area contributed by atoms with E-state index in [1.807, 2.05) is 41.5 Å². The van der Waals surface area contributed by atoms with Crippen LogP contribution < -0.4 is 30.3 Å². The monoisotopic (exact) mass is 811 g/mol. The van der Waals surface area contributed by atoms with Crippen molar-refractivity contribution in [1.82, 2.24) is 20.7 Å². The van der Waals surface area contributed by atoms with E-state index in [-0.39, 0.29) is 17.1 Å². The van der Waals surface area contributed by atoms with Crippen LogP contribution in [-0.2, 0) is 29.2 Å². The number of fused-ring (bicyclic) bond motifs is 1. The fraction of sp³-hybridized carbons (Fsp3) is 0.450. The van der Waals surface area contributed by atoms with Crippen molar-refractivity contribution in [3.63, 3.8) is 0 Å². The van der Waals surface area contributed by atoms with Gasteiger partial charge in [0.15, 0.2) is 6.61 Å². The molecule has 0 saturated carbocycles. The molecule has 3 unspecified atom stereocenters. The molecule has 1 aliphatic heterocycles. The zero-order chi connectivity index (χ0) is 40.9. The summed E-state index contributed by atoms with van der Waals surface area (Å²) in [6.45, 7) is 4.78. The third-order valence-electron chi connectivity index (χ3n) is 9.62. The second kappa shape index (κ2) is 20.5. The Morgan fingerprint density at radius 3 is 2.05 bits per heavy atom. The highest BCUT2D eigenvalue weighted by atomic mass is 32.2. The van der Waals surface area contributed by atoms with Crippen molar-refractivity contribution in [3.8, 4) is 5.75 Å². The Labute approximate surface area is 333 Å². The zero-order valence-corrected chi connectivity index (χ0v) is 33.9. The van der Waals surface area contributed by atoms with Crippen LogP contribution in [0.1, 0.15) is 77.3 Å². The molecule has 3 atom stereocenters. The average molecular weight is 812 g/mol. The van der Waals surface area contributed by atoms with Gasteiger partial charge in [-0.15, -0.1) is 11.8 Å². The Morgan fingerprint density at radius 2 is 1.50 bits per heavy atom. The molecule has 3 amide bonds. The van der Waals surface area contributed by atoms with Gasteiger partial charge in [-0.1, -0.05) is 95.0 Å². The van der Waals surface area contributed by atoms with Gasteiger partial charge in [-0.2, -0.15) is 0 Å². The van der Waals surface area contributed by atoms with Gasteiger partial charge in [0.1, 0.15) is 28.8 Å². The van der Waals surface area contributed by atoms with Gasteiger partial charge in [0.2, 0.25) is 21.8 Å². The number of rotatable bonds is 20. The van der Waals surface area contributed by atoms with Crippen molar-refractivity contribution in [2.75, 3.05) is 30.9 Å². The number of carbonyl (C=O) groups is 4. The number of nitrogens with zero attached hydrogens (tertiary/aromatic N) is 1. The van der Waals surface area contributed by atoms with E-state index in [9.17, 15) is 37.8 Å². The first-order chi connectivity index (χ1) is 26.8. The number of ether oxygens (including phenoxy) is 1. The van der Waals surface area contributed by atoms with Crippen LogP contribution in [0.5, 0.6) is 5.75 Å². The Balaban J connectivity index is 1.63. The lowest BCUT2D eigenvalue weighted by atomic mass is 9.87. The van der Waals surface area contributed by atoms with Crippen LogP contribution in [0.25, 0.3) is 0 Å². The topological polar surface area (TPSA) is 203 Å². The molecular weight excluding hydrogens is 759 g/mol. The van der Waals surface area contributed by atoms with Crippen molar-refractivity contribution in [3.05, 3.63) is 78.4 Å². The largest absolute Gasteiger partial charge is 0.483 e. The first-order valence-corrected chi connectivity index (χ1v) is 21.5. The van der Waals surface area contributed by atoms with Gasteiger partial charge in [-0.05, 0) is 49.3 Å². The van der Waals surface area contributed by atoms with Crippen LogP contribution in [0, 0.1) is 0 Å². The number of carboxylic acid groups (broad SMARTS) is 1. The molecule has 4 rings (SSSR count). The van der Waals surface area contributed by atoms with Crippen molar-refractivity contribution in [2.45, 2.75) is 99.2 Å². The third kappa shape index (κ3) is 11.2. The minimum absolute atomic E-state index is 0.0150. The first kappa shape index (κ1) is 44.1. The standard InChI is InChI=1S/C40H53N5O9S2/c1-5-8-20-40(21-9-6-2)26-45(28-18-14-11-15-19-28)31-22-33(55-4)32(23-34(31)56(52,53)44-40)54-25-35(47)43-36(27-16-12-10-13-17-27)38(49)41-29(7-3)37(48)42-30(24-46)39(50)51/h10-19,22-23,29-30,36,44,46H,5-9,20-21,24-26H2,1-4H3,(H,41,49)(H,42,48)(H,43,47)(H,50,51). The van der Waals surface area contributed by atoms with Crippen LogP contribution in [0.15, 0.2) is 82.6 Å². The summed E-state index contributed by atoms with van der Waals surface area (Å²) in [5.41, 5.74) is 0.994. The maximum absolute atomic E-state index is 14.4. The van der Waals surface area contributed by atoms with E-state index >= 15 is 0 Å². The average Bonchev–Trinajstić information content (AvgIpc) is 3.29. The van der Waals surface area contributed by atoms with Gasteiger partial charge in [0.25, 0.3) is 5.91 Å². The number of aliphatic carboxylic acids is 1. The summed E-state index contributed by atoms with van der Waals surface area (Å²) in [6.07, 6.45) is 6.72. The molecule has 0 radical (unpaired) electrons. The summed E-state index contributed by atoms with van der Waals surface area (Å²) < 4.78 is 37.8. The molecule has 0 saturated heterocycles. The Bertz CT molecular complexity index is 1910. The number of amides is 3. The highest BCUT2D eigenvalue weighted by Gasteiger charge is 2.42. The molecule has 0 aromatic heterocycles. The lowest BCUT2D eigenvalue weighted by Crippen LogP contribution is -2.54. The summed E-state index contributed by atoms with van der Waals surface area (Å²) in [6, 6.07) is 17.2. The molecule has 3 aromatic rings. The molecule has 304 valence electrons. The molecule has 1 aliphatic rings. The van der Waals surface area contributed by atoms with Gasteiger partial charge < -0.3 is 35.8 Å². The summed E-state index contributed by atoms with van der Waals surface area (Å²) in [5, 5.41) is 26.0. The number of nitrogens with one attached hydrogen (secondary N) is 4. The van der Waals surface area contributed by atoms with Gasteiger partial charge in [0.05, 0.1) is 22.7 Å². The van der Waals surface area contributed by atoms with E-state index in [1.54, 1.807) is 43.3 Å². The number of carboxylic acids is 1. The van der Waals surface area contributed by atoms with Gasteiger partial charge in [0, 0.05) is 18.3 Å². The van der Waals surface area contributed by atoms with Crippen LogP contribution >= 0.6 is 11.8 Å². The molecule has 6 N–H and O–H groups in total. The van der Waals surface area contributed by atoms with Crippen molar-refractivity contribution in [2.24, 2.45) is 0 Å². The molecule has 0 fully saturated rings. The fourth-order valence-electron chi connectivity index (χ4n) is 6.60. The minimum Gasteiger partial charge on any atom is -0.483 e. The molecular formula is C40H53N5O9S2. The molecule has 16 heteroatoms. The van der Waals surface area contributed by atoms with E-state index in [2.05, 4.69) is 34.5 Å². The third-order valence-corrected chi connectivity index (χ3v) is 12.0. The number of aliphatic hydroxyl groups is 1. The number of para-hydroxylation sites is 1.